The van der Waals surface area contributed by atoms with Crippen molar-refractivity contribution < 1.29 is 13.2 Å². The Hall–Kier alpha value is -0.360. The fourth-order valence-electron chi connectivity index (χ4n) is 1.58. The van der Waals surface area contributed by atoms with Crippen LogP contribution in [0.1, 0.15) is 12.8 Å². The first kappa shape index (κ1) is 11.7. The Morgan fingerprint density at radius 1 is 1.36 bits per heavy atom. The number of thiocarbonyl (C=S) groups is 1. The van der Waals surface area contributed by atoms with Crippen molar-refractivity contribution in [3.63, 3.8) is 0 Å². The molecule has 2 nitrogen and oxygen atoms in total. The van der Waals surface area contributed by atoms with Gasteiger partial charge in [0.1, 0.15) is 5.92 Å². The van der Waals surface area contributed by atoms with Gasteiger partial charge in [0, 0.05) is 6.54 Å². The maximum absolute atomic E-state index is 12.4. The van der Waals surface area contributed by atoms with Crippen LogP contribution in [-0.2, 0) is 0 Å². The Labute approximate surface area is 86.2 Å². The van der Waals surface area contributed by atoms with Crippen molar-refractivity contribution in [1.29, 1.82) is 0 Å². The van der Waals surface area contributed by atoms with Crippen LogP contribution in [0.4, 0.5) is 13.2 Å². The third kappa shape index (κ3) is 3.09. The fourth-order valence-corrected chi connectivity index (χ4v) is 1.79. The predicted octanol–water partition coefficient (Wildman–Crippen LogP) is 1.55. The highest BCUT2D eigenvalue weighted by Gasteiger charge is 2.42. The molecule has 82 valence electrons. The van der Waals surface area contributed by atoms with E-state index in [-0.39, 0.29) is 6.54 Å². The van der Waals surface area contributed by atoms with Crippen molar-refractivity contribution in [2.24, 2.45) is 11.7 Å². The molecule has 1 unspecified atom stereocenters. The Morgan fingerprint density at radius 3 is 2.21 bits per heavy atom. The van der Waals surface area contributed by atoms with Crippen LogP contribution < -0.4 is 5.73 Å². The largest absolute Gasteiger partial charge is 0.399 e. The molecule has 1 heterocycles. The topological polar surface area (TPSA) is 29.3 Å². The molecule has 1 atom stereocenters. The lowest BCUT2D eigenvalue weighted by Crippen LogP contribution is -2.42. The van der Waals surface area contributed by atoms with E-state index in [4.69, 9.17) is 5.73 Å². The average molecular weight is 226 g/mol. The predicted molar refractivity (Wildman–Crippen MR) is 52.0 cm³/mol. The normalized spacial score (nSPS) is 21.1. The van der Waals surface area contributed by atoms with Gasteiger partial charge in [-0.25, -0.2) is 0 Å². The Morgan fingerprint density at radius 2 is 1.86 bits per heavy atom. The van der Waals surface area contributed by atoms with Gasteiger partial charge in [-0.2, -0.15) is 13.2 Å². The number of nitrogens with zero attached hydrogens (tertiary/aromatic N) is 1. The second-order valence-electron chi connectivity index (χ2n) is 3.50. The van der Waals surface area contributed by atoms with Crippen LogP contribution in [-0.4, -0.2) is 35.7 Å². The molecule has 0 amide bonds. The first-order valence-corrected chi connectivity index (χ1v) is 4.90. The Balaban J connectivity index is 2.55. The van der Waals surface area contributed by atoms with Gasteiger partial charge in [0.15, 0.2) is 0 Å². The number of nitrogens with two attached hydrogens (primary N) is 1. The average Bonchev–Trinajstić information content (AvgIpc) is 2.48. The van der Waals surface area contributed by atoms with E-state index in [9.17, 15) is 13.2 Å². The molecule has 1 aliphatic heterocycles. The molecule has 0 bridgehead atoms. The van der Waals surface area contributed by atoms with Gasteiger partial charge in [0.25, 0.3) is 0 Å². The summed E-state index contributed by atoms with van der Waals surface area (Å²) in [7, 11) is 0. The maximum atomic E-state index is 12.4. The number of rotatable bonds is 3. The molecule has 0 aromatic heterocycles. The van der Waals surface area contributed by atoms with Gasteiger partial charge < -0.3 is 10.6 Å². The summed E-state index contributed by atoms with van der Waals surface area (Å²) in [6.07, 6.45) is -2.39. The second kappa shape index (κ2) is 4.44. The molecule has 0 radical (unpaired) electrons. The lowest BCUT2D eigenvalue weighted by Gasteiger charge is -2.24. The third-order valence-electron chi connectivity index (χ3n) is 2.38. The van der Waals surface area contributed by atoms with Crippen LogP contribution >= 0.6 is 12.2 Å². The van der Waals surface area contributed by atoms with Gasteiger partial charge in [-0.05, 0) is 25.9 Å². The lowest BCUT2D eigenvalue weighted by molar-refractivity contribution is -0.158. The molecule has 1 fully saturated rings. The van der Waals surface area contributed by atoms with E-state index in [1.807, 2.05) is 0 Å². The van der Waals surface area contributed by atoms with Crippen LogP contribution in [0.5, 0.6) is 0 Å². The van der Waals surface area contributed by atoms with Crippen molar-refractivity contribution >= 4 is 17.2 Å². The molecule has 0 aromatic rings. The molecule has 6 heteroatoms. The molecule has 0 spiro atoms. The highest BCUT2D eigenvalue weighted by Crippen LogP contribution is 2.28. The fraction of sp³-hybridized carbons (Fsp3) is 0.875. The lowest BCUT2D eigenvalue weighted by atomic mass is 10.1. The first-order chi connectivity index (χ1) is 6.41. The minimum absolute atomic E-state index is 0.0845. The second-order valence-corrected chi connectivity index (χ2v) is 3.98. The van der Waals surface area contributed by atoms with Gasteiger partial charge in [-0.1, -0.05) is 12.2 Å². The van der Waals surface area contributed by atoms with Gasteiger partial charge in [0.2, 0.25) is 0 Å². The zero-order chi connectivity index (χ0) is 10.8. The summed E-state index contributed by atoms with van der Waals surface area (Å²) in [5.41, 5.74) is 5.09. The van der Waals surface area contributed by atoms with Crippen molar-refractivity contribution in [3.8, 4) is 0 Å². The summed E-state index contributed by atoms with van der Waals surface area (Å²) >= 11 is 4.43. The zero-order valence-electron chi connectivity index (χ0n) is 7.68. The van der Waals surface area contributed by atoms with Gasteiger partial charge >= 0.3 is 6.18 Å². The highest BCUT2D eigenvalue weighted by molar-refractivity contribution is 7.80. The summed E-state index contributed by atoms with van der Waals surface area (Å²) < 4.78 is 37.3. The molecule has 2 N–H and O–H groups in total. The summed E-state index contributed by atoms with van der Waals surface area (Å²) in [5, 5.41) is 0. The van der Waals surface area contributed by atoms with Crippen LogP contribution in [0.2, 0.25) is 0 Å². The number of likely N-dealkylation sites (tertiary alicyclic amines) is 1. The van der Waals surface area contributed by atoms with E-state index in [1.165, 1.54) is 0 Å². The molecule has 14 heavy (non-hydrogen) atoms. The minimum atomic E-state index is -4.31. The number of hydrogen-bond donors (Lipinski definition) is 1. The molecular formula is C8H13F3N2S. The summed E-state index contributed by atoms with van der Waals surface area (Å²) in [5.74, 6) is -1.66. The third-order valence-corrected chi connectivity index (χ3v) is 2.66. The van der Waals surface area contributed by atoms with Crippen LogP contribution in [0.15, 0.2) is 0 Å². The van der Waals surface area contributed by atoms with Crippen molar-refractivity contribution in [3.05, 3.63) is 0 Å². The molecule has 1 saturated heterocycles. The van der Waals surface area contributed by atoms with Crippen LogP contribution in [0.3, 0.4) is 0 Å². The molecule has 1 rings (SSSR count). The van der Waals surface area contributed by atoms with E-state index in [0.717, 1.165) is 25.9 Å². The van der Waals surface area contributed by atoms with E-state index in [1.54, 1.807) is 4.90 Å². The van der Waals surface area contributed by atoms with Crippen LogP contribution in [0.25, 0.3) is 0 Å². The van der Waals surface area contributed by atoms with E-state index in [0.29, 0.717) is 0 Å². The minimum Gasteiger partial charge on any atom is -0.393 e. The molecule has 1 aliphatic rings. The molecule has 0 saturated carbocycles. The smallest absolute Gasteiger partial charge is 0.393 e. The molecular weight excluding hydrogens is 213 g/mol. The van der Waals surface area contributed by atoms with Crippen LogP contribution in [0, 0.1) is 5.92 Å². The zero-order valence-corrected chi connectivity index (χ0v) is 8.50. The number of halogens is 3. The van der Waals surface area contributed by atoms with Crippen molar-refractivity contribution in [1.82, 2.24) is 4.90 Å². The maximum Gasteiger partial charge on any atom is 0.399 e. The molecule has 0 aliphatic carbocycles. The van der Waals surface area contributed by atoms with Gasteiger partial charge in [-0.15, -0.1) is 0 Å². The quantitative estimate of drug-likeness (QED) is 0.740. The number of hydrogen-bond acceptors (Lipinski definition) is 2. The molecule has 0 aromatic carbocycles. The summed E-state index contributed by atoms with van der Waals surface area (Å²) in [4.78, 5) is 1.31. The summed E-state index contributed by atoms with van der Waals surface area (Å²) in [6, 6.07) is 0. The highest BCUT2D eigenvalue weighted by atomic mass is 32.1. The van der Waals surface area contributed by atoms with E-state index >= 15 is 0 Å². The SMILES string of the molecule is NC(=S)C(CN1CCCC1)C(F)(F)F. The van der Waals surface area contributed by atoms with Crippen molar-refractivity contribution in [2.45, 2.75) is 19.0 Å². The number of alkyl halides is 3. The Kier molecular flexibility index (Phi) is 3.71. The van der Waals surface area contributed by atoms with Crippen molar-refractivity contribution in [2.75, 3.05) is 19.6 Å². The van der Waals surface area contributed by atoms with Gasteiger partial charge in [-0.3, -0.25) is 0 Å². The summed E-state index contributed by atoms with van der Waals surface area (Å²) in [6.45, 7) is 1.35. The van der Waals surface area contributed by atoms with E-state index < -0.39 is 17.1 Å². The first-order valence-electron chi connectivity index (χ1n) is 4.49. The monoisotopic (exact) mass is 226 g/mol. The van der Waals surface area contributed by atoms with E-state index in [2.05, 4.69) is 12.2 Å². The standard InChI is InChI=1S/C8H13F3N2S/c9-8(10,11)6(7(12)14)5-13-3-1-2-4-13/h6H,1-5H2,(H2,12,14). The van der Waals surface area contributed by atoms with Gasteiger partial charge in [0.05, 0.1) is 4.99 Å². The Bertz CT molecular complexity index is 211.